The van der Waals surface area contributed by atoms with E-state index in [0.717, 1.165) is 16.6 Å². The summed E-state index contributed by atoms with van der Waals surface area (Å²) < 4.78 is 17.9. The van der Waals surface area contributed by atoms with Crippen LogP contribution in [0.15, 0.2) is 52.9 Å². The maximum atomic E-state index is 13.4. The largest absolute Gasteiger partial charge is 0.469 e. The number of hydrogen-bond donors (Lipinski definition) is 0. The number of hydrogen-bond acceptors (Lipinski definition) is 7. The Kier molecular flexibility index (Phi) is 6.75. The number of benzene rings is 1. The Morgan fingerprint density at radius 2 is 2.03 bits per heavy atom. The summed E-state index contributed by atoms with van der Waals surface area (Å²) in [6, 6.07) is 13.6. The van der Waals surface area contributed by atoms with Crippen molar-refractivity contribution in [3.63, 3.8) is 0 Å². The Hall–Kier alpha value is -3.02. The molecule has 0 N–H and O–H groups in total. The van der Waals surface area contributed by atoms with Crippen LogP contribution in [0.4, 0.5) is 4.39 Å². The molecule has 0 radical (unpaired) electrons. The first-order chi connectivity index (χ1) is 14.0. The number of nitrogens with zero attached hydrogens (tertiary/aromatic N) is 2. The highest BCUT2D eigenvalue weighted by molar-refractivity contribution is 8.00. The van der Waals surface area contributed by atoms with Crippen molar-refractivity contribution in [1.29, 1.82) is 5.26 Å². The van der Waals surface area contributed by atoms with Crippen LogP contribution in [0.2, 0.25) is 0 Å². The minimum atomic E-state index is -0.608. The van der Waals surface area contributed by atoms with Gasteiger partial charge in [-0.15, -0.1) is 11.3 Å². The van der Waals surface area contributed by atoms with Crippen LogP contribution in [-0.4, -0.2) is 29.6 Å². The standard InChI is InChI=1S/C21H15FN2O3S2/c1-27-20(26)9-15(25)12-29-21-17(11-23)16(13-4-6-14(22)7-5-13)10-18(24-21)19-3-2-8-28-19/h2-8,10H,9,12H2,1H3. The van der Waals surface area contributed by atoms with E-state index in [1.165, 1.54) is 30.6 Å². The summed E-state index contributed by atoms with van der Waals surface area (Å²) >= 11 is 2.59. The second-order valence-electron chi connectivity index (χ2n) is 5.91. The summed E-state index contributed by atoms with van der Waals surface area (Å²) in [5.41, 5.74) is 2.23. The highest BCUT2D eigenvalue weighted by atomic mass is 32.2. The molecular weight excluding hydrogens is 411 g/mol. The Bertz CT molecular complexity index is 1070. The summed E-state index contributed by atoms with van der Waals surface area (Å²) in [6.07, 6.45) is -0.333. The maximum absolute atomic E-state index is 13.4. The van der Waals surface area contributed by atoms with Gasteiger partial charge in [-0.3, -0.25) is 9.59 Å². The molecule has 0 spiro atoms. The number of carbonyl (C=O) groups excluding carboxylic acids is 2. The Labute approximate surface area is 175 Å². The monoisotopic (exact) mass is 426 g/mol. The molecule has 2 aromatic heterocycles. The quantitative estimate of drug-likeness (QED) is 0.309. The van der Waals surface area contributed by atoms with Gasteiger partial charge in [0.25, 0.3) is 0 Å². The number of halogens is 1. The topological polar surface area (TPSA) is 80.1 Å². The lowest BCUT2D eigenvalue weighted by Crippen LogP contribution is -2.11. The smallest absolute Gasteiger partial charge is 0.313 e. The molecule has 8 heteroatoms. The number of methoxy groups -OCH3 is 1. The second-order valence-corrected chi connectivity index (χ2v) is 7.82. The molecule has 0 amide bonds. The van der Waals surface area contributed by atoms with E-state index >= 15 is 0 Å². The average Bonchev–Trinajstić information content (AvgIpc) is 3.27. The van der Waals surface area contributed by atoms with Crippen molar-refractivity contribution in [3.05, 3.63) is 59.2 Å². The number of carbonyl (C=O) groups is 2. The first kappa shape index (κ1) is 20.7. The van der Waals surface area contributed by atoms with Gasteiger partial charge in [0.15, 0.2) is 5.78 Å². The van der Waals surface area contributed by atoms with Gasteiger partial charge in [0.05, 0.1) is 29.0 Å². The van der Waals surface area contributed by atoms with E-state index in [-0.39, 0.29) is 23.8 Å². The molecule has 0 saturated heterocycles. The normalized spacial score (nSPS) is 10.4. The zero-order chi connectivity index (χ0) is 20.8. The third-order valence-corrected chi connectivity index (χ3v) is 5.89. The van der Waals surface area contributed by atoms with E-state index < -0.39 is 5.97 Å². The lowest BCUT2D eigenvalue weighted by Gasteiger charge is -2.11. The van der Waals surface area contributed by atoms with E-state index in [4.69, 9.17) is 0 Å². The fraction of sp³-hybridized carbons (Fsp3) is 0.143. The summed E-state index contributed by atoms with van der Waals surface area (Å²) in [4.78, 5) is 28.8. The molecule has 1 aromatic carbocycles. The maximum Gasteiger partial charge on any atom is 0.313 e. The number of thiophene rings is 1. The lowest BCUT2D eigenvalue weighted by atomic mass is 10.0. The van der Waals surface area contributed by atoms with Crippen LogP contribution in [0.3, 0.4) is 0 Å². The van der Waals surface area contributed by atoms with E-state index in [0.29, 0.717) is 27.4 Å². The summed E-state index contributed by atoms with van der Waals surface area (Å²) in [5, 5.41) is 12.1. The van der Waals surface area contributed by atoms with Gasteiger partial charge < -0.3 is 4.74 Å². The number of aromatic nitrogens is 1. The number of thioether (sulfide) groups is 1. The van der Waals surface area contributed by atoms with Crippen molar-refractivity contribution < 1.29 is 18.7 Å². The van der Waals surface area contributed by atoms with Gasteiger partial charge in [-0.25, -0.2) is 9.37 Å². The van der Waals surface area contributed by atoms with Gasteiger partial charge >= 0.3 is 5.97 Å². The number of nitriles is 1. The van der Waals surface area contributed by atoms with Gasteiger partial charge in [-0.1, -0.05) is 30.0 Å². The van der Waals surface area contributed by atoms with Crippen LogP contribution in [0.5, 0.6) is 0 Å². The molecule has 146 valence electrons. The van der Waals surface area contributed by atoms with Crippen LogP contribution in [0.1, 0.15) is 12.0 Å². The summed E-state index contributed by atoms with van der Waals surface area (Å²) in [7, 11) is 1.22. The molecule has 2 heterocycles. The molecule has 0 fully saturated rings. The van der Waals surface area contributed by atoms with Crippen molar-refractivity contribution in [2.75, 3.05) is 12.9 Å². The van der Waals surface area contributed by atoms with Crippen LogP contribution in [-0.2, 0) is 14.3 Å². The third kappa shape index (κ3) is 5.08. The van der Waals surface area contributed by atoms with Gasteiger partial charge in [0.2, 0.25) is 0 Å². The molecule has 3 rings (SSSR count). The van der Waals surface area contributed by atoms with Gasteiger partial charge in [-0.2, -0.15) is 5.26 Å². The Balaban J connectivity index is 2.02. The van der Waals surface area contributed by atoms with E-state index in [1.807, 2.05) is 17.5 Å². The van der Waals surface area contributed by atoms with E-state index in [2.05, 4.69) is 15.8 Å². The molecule has 0 aliphatic heterocycles. The summed E-state index contributed by atoms with van der Waals surface area (Å²) in [6.45, 7) is 0. The van der Waals surface area contributed by atoms with Gasteiger partial charge in [0.1, 0.15) is 23.3 Å². The Morgan fingerprint density at radius 3 is 2.66 bits per heavy atom. The zero-order valence-electron chi connectivity index (χ0n) is 15.3. The number of pyridine rings is 1. The highest BCUT2D eigenvalue weighted by Gasteiger charge is 2.18. The van der Waals surface area contributed by atoms with Crippen LogP contribution in [0.25, 0.3) is 21.7 Å². The molecule has 3 aromatic rings. The molecule has 0 bridgehead atoms. The number of Topliss-reactive ketones (excluding diaryl/α,β-unsaturated/α-hetero) is 1. The molecule has 0 atom stereocenters. The average molecular weight is 426 g/mol. The molecule has 0 unspecified atom stereocenters. The molecule has 0 aliphatic carbocycles. The molecule has 5 nitrogen and oxygen atoms in total. The minimum Gasteiger partial charge on any atom is -0.469 e. The number of ketones is 1. The van der Waals surface area contributed by atoms with Crippen molar-refractivity contribution in [2.45, 2.75) is 11.4 Å². The number of rotatable bonds is 7. The zero-order valence-corrected chi connectivity index (χ0v) is 17.0. The first-order valence-corrected chi connectivity index (χ1v) is 10.3. The fourth-order valence-corrected chi connectivity index (χ4v) is 4.12. The molecule has 29 heavy (non-hydrogen) atoms. The lowest BCUT2D eigenvalue weighted by molar-refractivity contribution is -0.142. The van der Waals surface area contributed by atoms with Crippen molar-refractivity contribution in [1.82, 2.24) is 4.98 Å². The number of esters is 1. The highest BCUT2D eigenvalue weighted by Crippen LogP contribution is 2.35. The molecular formula is C21H15FN2O3S2. The Morgan fingerprint density at radius 1 is 1.28 bits per heavy atom. The van der Waals surface area contributed by atoms with Crippen LogP contribution in [0, 0.1) is 17.1 Å². The predicted molar refractivity (Wildman–Crippen MR) is 110 cm³/mol. The van der Waals surface area contributed by atoms with Crippen LogP contribution < -0.4 is 0 Å². The van der Waals surface area contributed by atoms with Crippen molar-refractivity contribution >= 4 is 34.9 Å². The minimum absolute atomic E-state index is 0.0203. The van der Waals surface area contributed by atoms with Crippen molar-refractivity contribution in [3.8, 4) is 27.8 Å². The van der Waals surface area contributed by atoms with Gasteiger partial charge in [0, 0.05) is 5.56 Å². The predicted octanol–water partition coefficient (Wildman–Crippen LogP) is 4.71. The second kappa shape index (κ2) is 9.45. The van der Waals surface area contributed by atoms with Crippen molar-refractivity contribution in [2.24, 2.45) is 0 Å². The van der Waals surface area contributed by atoms with E-state index in [1.54, 1.807) is 18.2 Å². The van der Waals surface area contributed by atoms with E-state index in [9.17, 15) is 19.2 Å². The molecule has 0 aliphatic rings. The fourth-order valence-electron chi connectivity index (χ4n) is 2.57. The van der Waals surface area contributed by atoms with Gasteiger partial charge in [-0.05, 0) is 35.2 Å². The first-order valence-electron chi connectivity index (χ1n) is 8.48. The molecule has 0 saturated carbocycles. The summed E-state index contributed by atoms with van der Waals surface area (Å²) in [5.74, 6) is -1.32. The van der Waals surface area contributed by atoms with Crippen LogP contribution >= 0.6 is 23.1 Å². The third-order valence-electron chi connectivity index (χ3n) is 3.97. The SMILES string of the molecule is COC(=O)CC(=O)CSc1nc(-c2cccs2)cc(-c2ccc(F)cc2)c1C#N. The number of ether oxygens (including phenoxy) is 1.